The van der Waals surface area contributed by atoms with Gasteiger partial charge in [0.25, 0.3) is 0 Å². The van der Waals surface area contributed by atoms with Crippen molar-refractivity contribution in [1.29, 1.82) is 0 Å². The van der Waals surface area contributed by atoms with Crippen LogP contribution in [0.2, 0.25) is 5.02 Å². The molecule has 2 aromatic rings. The standard InChI is InChI=1S/C15H18ClN3O/c1-4-17-14(15-18-8-10(2)9-19-15)12-7-11(16)5-6-13(12)20-3/h5-9,14,17H,4H2,1-3H3. The number of aryl methyl sites for hydroxylation is 1. The molecule has 0 spiro atoms. The number of hydrogen-bond acceptors (Lipinski definition) is 4. The summed E-state index contributed by atoms with van der Waals surface area (Å²) in [6.45, 7) is 4.79. The lowest BCUT2D eigenvalue weighted by Gasteiger charge is -2.19. The Bertz CT molecular complexity index is 572. The van der Waals surface area contributed by atoms with E-state index in [1.807, 2.05) is 44.4 Å². The van der Waals surface area contributed by atoms with Crippen molar-refractivity contribution in [2.75, 3.05) is 13.7 Å². The van der Waals surface area contributed by atoms with E-state index in [1.54, 1.807) is 7.11 Å². The first-order valence-electron chi connectivity index (χ1n) is 6.51. The van der Waals surface area contributed by atoms with E-state index in [0.717, 1.165) is 23.4 Å². The second-order valence-electron chi connectivity index (χ2n) is 4.50. The van der Waals surface area contributed by atoms with Gasteiger partial charge in [-0.1, -0.05) is 18.5 Å². The molecule has 106 valence electrons. The van der Waals surface area contributed by atoms with Crippen LogP contribution in [-0.4, -0.2) is 23.6 Å². The number of methoxy groups -OCH3 is 1. The van der Waals surface area contributed by atoms with Gasteiger partial charge >= 0.3 is 0 Å². The quantitative estimate of drug-likeness (QED) is 0.919. The number of rotatable bonds is 5. The van der Waals surface area contributed by atoms with Crippen LogP contribution in [0.4, 0.5) is 0 Å². The Labute approximate surface area is 124 Å². The average molecular weight is 292 g/mol. The minimum Gasteiger partial charge on any atom is -0.496 e. The molecule has 4 nitrogen and oxygen atoms in total. The Morgan fingerprint density at radius 3 is 2.60 bits per heavy atom. The highest BCUT2D eigenvalue weighted by molar-refractivity contribution is 6.30. The highest BCUT2D eigenvalue weighted by atomic mass is 35.5. The van der Waals surface area contributed by atoms with Gasteiger partial charge in [0.15, 0.2) is 0 Å². The van der Waals surface area contributed by atoms with Gasteiger partial charge in [-0.25, -0.2) is 9.97 Å². The second-order valence-corrected chi connectivity index (χ2v) is 4.93. The summed E-state index contributed by atoms with van der Waals surface area (Å²) in [5.74, 6) is 1.47. The third kappa shape index (κ3) is 3.26. The first-order chi connectivity index (χ1) is 9.65. The molecule has 2 rings (SSSR count). The van der Waals surface area contributed by atoms with Crippen molar-refractivity contribution in [2.24, 2.45) is 0 Å². The molecule has 0 saturated carbocycles. The summed E-state index contributed by atoms with van der Waals surface area (Å²) < 4.78 is 5.42. The predicted octanol–water partition coefficient (Wildman–Crippen LogP) is 3.15. The Morgan fingerprint density at radius 1 is 1.30 bits per heavy atom. The van der Waals surface area contributed by atoms with Crippen molar-refractivity contribution >= 4 is 11.6 Å². The third-order valence-corrected chi connectivity index (χ3v) is 3.21. The molecule has 0 aliphatic carbocycles. The fourth-order valence-electron chi connectivity index (χ4n) is 2.03. The van der Waals surface area contributed by atoms with E-state index in [2.05, 4.69) is 15.3 Å². The van der Waals surface area contributed by atoms with Crippen molar-refractivity contribution in [3.8, 4) is 5.75 Å². The molecule has 0 aliphatic heterocycles. The van der Waals surface area contributed by atoms with Crippen LogP contribution in [0.25, 0.3) is 0 Å². The zero-order chi connectivity index (χ0) is 14.5. The van der Waals surface area contributed by atoms with E-state index < -0.39 is 0 Å². The molecule has 0 radical (unpaired) electrons. The van der Waals surface area contributed by atoms with Gasteiger partial charge < -0.3 is 10.1 Å². The fraction of sp³-hybridized carbons (Fsp3) is 0.333. The number of aromatic nitrogens is 2. The third-order valence-electron chi connectivity index (χ3n) is 2.97. The Kier molecular flexibility index (Phi) is 4.93. The van der Waals surface area contributed by atoms with Gasteiger partial charge in [-0.05, 0) is 37.2 Å². The van der Waals surface area contributed by atoms with Crippen molar-refractivity contribution < 1.29 is 4.74 Å². The Morgan fingerprint density at radius 2 is 2.00 bits per heavy atom. The van der Waals surface area contributed by atoms with Crippen LogP contribution in [0.1, 0.15) is 29.9 Å². The van der Waals surface area contributed by atoms with Crippen molar-refractivity contribution in [2.45, 2.75) is 19.9 Å². The number of ether oxygens (including phenoxy) is 1. The van der Waals surface area contributed by atoms with Crippen LogP contribution in [0.3, 0.4) is 0 Å². The molecule has 0 fully saturated rings. The maximum absolute atomic E-state index is 6.11. The van der Waals surface area contributed by atoms with E-state index in [0.29, 0.717) is 10.8 Å². The molecule has 0 amide bonds. The van der Waals surface area contributed by atoms with Gasteiger partial charge in [0.05, 0.1) is 13.2 Å². The summed E-state index contributed by atoms with van der Waals surface area (Å²) in [6.07, 6.45) is 3.62. The van der Waals surface area contributed by atoms with E-state index >= 15 is 0 Å². The monoisotopic (exact) mass is 291 g/mol. The summed E-state index contributed by atoms with van der Waals surface area (Å²) in [5, 5.41) is 4.04. The molecule has 1 N–H and O–H groups in total. The van der Waals surface area contributed by atoms with Crippen LogP contribution in [0, 0.1) is 6.92 Å². The van der Waals surface area contributed by atoms with E-state index in [1.165, 1.54) is 0 Å². The fourth-order valence-corrected chi connectivity index (χ4v) is 2.21. The molecule has 5 heteroatoms. The molecule has 20 heavy (non-hydrogen) atoms. The number of benzene rings is 1. The van der Waals surface area contributed by atoms with Crippen molar-refractivity contribution in [1.82, 2.24) is 15.3 Å². The zero-order valence-corrected chi connectivity index (χ0v) is 12.6. The summed E-state index contributed by atoms with van der Waals surface area (Å²) >= 11 is 6.11. The van der Waals surface area contributed by atoms with E-state index in [9.17, 15) is 0 Å². The highest BCUT2D eigenvalue weighted by Crippen LogP contribution is 2.30. The summed E-state index contributed by atoms with van der Waals surface area (Å²) in [4.78, 5) is 8.81. The van der Waals surface area contributed by atoms with Gasteiger partial charge in [0.2, 0.25) is 0 Å². The minimum atomic E-state index is -0.144. The molecular weight excluding hydrogens is 274 g/mol. The van der Waals surface area contributed by atoms with Gasteiger partial charge in [-0.15, -0.1) is 0 Å². The summed E-state index contributed by atoms with van der Waals surface area (Å²) in [5.41, 5.74) is 1.97. The smallest absolute Gasteiger partial charge is 0.149 e. The normalized spacial score (nSPS) is 12.2. The lowest BCUT2D eigenvalue weighted by molar-refractivity contribution is 0.403. The molecule has 1 aromatic heterocycles. The lowest BCUT2D eigenvalue weighted by atomic mass is 10.0. The Hall–Kier alpha value is -1.65. The molecule has 1 aromatic carbocycles. The molecule has 1 unspecified atom stereocenters. The molecule has 1 heterocycles. The van der Waals surface area contributed by atoms with Gasteiger partial charge in [-0.3, -0.25) is 0 Å². The molecule has 0 bridgehead atoms. The molecular formula is C15H18ClN3O. The van der Waals surface area contributed by atoms with Crippen LogP contribution in [-0.2, 0) is 0 Å². The average Bonchev–Trinajstić information content (AvgIpc) is 2.46. The highest BCUT2D eigenvalue weighted by Gasteiger charge is 2.20. The number of halogens is 1. The topological polar surface area (TPSA) is 47.0 Å². The van der Waals surface area contributed by atoms with Crippen molar-refractivity contribution in [3.05, 3.63) is 52.6 Å². The van der Waals surface area contributed by atoms with E-state index in [-0.39, 0.29) is 6.04 Å². The van der Waals surface area contributed by atoms with E-state index in [4.69, 9.17) is 16.3 Å². The largest absolute Gasteiger partial charge is 0.496 e. The zero-order valence-electron chi connectivity index (χ0n) is 11.9. The molecule has 0 saturated heterocycles. The predicted molar refractivity (Wildman–Crippen MR) is 80.3 cm³/mol. The minimum absolute atomic E-state index is 0.144. The summed E-state index contributed by atoms with van der Waals surface area (Å²) in [6, 6.07) is 5.41. The van der Waals surface area contributed by atoms with Gasteiger partial charge in [-0.2, -0.15) is 0 Å². The van der Waals surface area contributed by atoms with Gasteiger partial charge in [0.1, 0.15) is 11.6 Å². The first kappa shape index (κ1) is 14.8. The maximum Gasteiger partial charge on any atom is 0.149 e. The summed E-state index contributed by atoms with van der Waals surface area (Å²) in [7, 11) is 1.64. The number of hydrogen-bond donors (Lipinski definition) is 1. The number of nitrogens with zero attached hydrogens (tertiary/aromatic N) is 2. The van der Waals surface area contributed by atoms with Crippen LogP contribution in [0.15, 0.2) is 30.6 Å². The van der Waals surface area contributed by atoms with Crippen LogP contribution >= 0.6 is 11.6 Å². The number of nitrogens with one attached hydrogen (secondary N) is 1. The SMILES string of the molecule is CCNC(c1ncc(C)cn1)c1cc(Cl)ccc1OC. The second kappa shape index (κ2) is 6.68. The van der Waals surface area contributed by atoms with Crippen LogP contribution < -0.4 is 10.1 Å². The maximum atomic E-state index is 6.11. The van der Waals surface area contributed by atoms with Crippen LogP contribution in [0.5, 0.6) is 5.75 Å². The van der Waals surface area contributed by atoms with Gasteiger partial charge in [0, 0.05) is 23.0 Å². The first-order valence-corrected chi connectivity index (χ1v) is 6.89. The lowest BCUT2D eigenvalue weighted by Crippen LogP contribution is -2.24. The van der Waals surface area contributed by atoms with Crippen molar-refractivity contribution in [3.63, 3.8) is 0 Å². The Balaban J connectivity index is 2.47. The molecule has 1 atom stereocenters. The molecule has 0 aliphatic rings.